The molecule has 0 heterocycles. The molecule has 0 aliphatic carbocycles. The summed E-state index contributed by atoms with van der Waals surface area (Å²) in [6.45, 7) is 4.16. The van der Waals surface area contributed by atoms with Crippen molar-refractivity contribution in [3.8, 4) is 0 Å². The number of hydrogen-bond acceptors (Lipinski definition) is 2. The molecule has 14 heavy (non-hydrogen) atoms. The SMILES string of the molecule is CCCCC(N=O)c1ccc(C)cc1. The van der Waals surface area contributed by atoms with Crippen molar-refractivity contribution in [1.29, 1.82) is 0 Å². The maximum atomic E-state index is 10.6. The van der Waals surface area contributed by atoms with Crippen LogP contribution < -0.4 is 0 Å². The lowest BCUT2D eigenvalue weighted by molar-refractivity contribution is 0.602. The van der Waals surface area contributed by atoms with Gasteiger partial charge in [-0.2, -0.15) is 4.91 Å². The summed E-state index contributed by atoms with van der Waals surface area (Å²) in [5, 5.41) is 3.18. The van der Waals surface area contributed by atoms with Crippen LogP contribution in [0.25, 0.3) is 0 Å². The van der Waals surface area contributed by atoms with Gasteiger partial charge in [0.05, 0.1) is 0 Å². The Morgan fingerprint density at radius 1 is 1.29 bits per heavy atom. The first kappa shape index (κ1) is 10.9. The number of benzene rings is 1. The zero-order valence-corrected chi connectivity index (χ0v) is 8.86. The fraction of sp³-hybridized carbons (Fsp3) is 0.500. The summed E-state index contributed by atoms with van der Waals surface area (Å²) in [6, 6.07) is 7.89. The Labute approximate surface area is 85.3 Å². The molecule has 2 nitrogen and oxygen atoms in total. The number of hydrogen-bond donors (Lipinski definition) is 0. The van der Waals surface area contributed by atoms with Crippen LogP contribution in [-0.4, -0.2) is 0 Å². The second kappa shape index (κ2) is 5.53. The van der Waals surface area contributed by atoms with Gasteiger partial charge in [-0.25, -0.2) is 0 Å². The standard InChI is InChI=1S/C12H17NO/c1-3-4-5-12(13-14)11-8-6-10(2)7-9-11/h6-9,12H,3-5H2,1-2H3. The largest absolute Gasteiger partial charge is 0.150 e. The van der Waals surface area contributed by atoms with Crippen molar-refractivity contribution in [3.63, 3.8) is 0 Å². The highest BCUT2D eigenvalue weighted by Crippen LogP contribution is 2.23. The predicted octanol–water partition coefficient (Wildman–Crippen LogP) is 3.99. The number of aryl methyl sites for hydroxylation is 1. The maximum Gasteiger partial charge on any atom is 0.117 e. The second-order valence-electron chi connectivity index (χ2n) is 3.67. The van der Waals surface area contributed by atoms with Crippen LogP contribution in [0.2, 0.25) is 0 Å². The number of nitroso groups, excluding NO2 is 1. The average molecular weight is 191 g/mol. The minimum absolute atomic E-state index is 0.157. The quantitative estimate of drug-likeness (QED) is 0.647. The average Bonchev–Trinajstić information content (AvgIpc) is 2.21. The van der Waals surface area contributed by atoms with Crippen LogP contribution in [0, 0.1) is 11.8 Å². The first-order chi connectivity index (χ1) is 6.77. The van der Waals surface area contributed by atoms with Crippen molar-refractivity contribution in [2.24, 2.45) is 5.18 Å². The van der Waals surface area contributed by atoms with E-state index in [0.717, 1.165) is 24.8 Å². The van der Waals surface area contributed by atoms with Gasteiger partial charge in [-0.3, -0.25) is 0 Å². The summed E-state index contributed by atoms with van der Waals surface area (Å²) >= 11 is 0. The third kappa shape index (κ3) is 2.95. The molecule has 0 aromatic heterocycles. The highest BCUT2D eigenvalue weighted by molar-refractivity contribution is 5.24. The Kier molecular flexibility index (Phi) is 4.30. The van der Waals surface area contributed by atoms with E-state index >= 15 is 0 Å². The summed E-state index contributed by atoms with van der Waals surface area (Å²) in [6.07, 6.45) is 3.03. The molecule has 0 bridgehead atoms. The minimum atomic E-state index is -0.157. The monoisotopic (exact) mass is 191 g/mol. The van der Waals surface area contributed by atoms with Crippen LogP contribution in [0.3, 0.4) is 0 Å². The van der Waals surface area contributed by atoms with Crippen LogP contribution in [0.1, 0.15) is 43.4 Å². The van der Waals surface area contributed by atoms with E-state index in [1.807, 2.05) is 31.2 Å². The highest BCUT2D eigenvalue weighted by atomic mass is 16.3. The first-order valence-corrected chi connectivity index (χ1v) is 5.17. The Hall–Kier alpha value is -1.18. The van der Waals surface area contributed by atoms with E-state index in [9.17, 15) is 4.91 Å². The Balaban J connectivity index is 2.68. The van der Waals surface area contributed by atoms with E-state index in [1.165, 1.54) is 5.56 Å². The lowest BCUT2D eigenvalue weighted by Crippen LogP contribution is -1.94. The molecule has 0 fully saturated rings. The van der Waals surface area contributed by atoms with E-state index in [-0.39, 0.29) is 6.04 Å². The molecule has 0 N–H and O–H groups in total. The van der Waals surface area contributed by atoms with Crippen molar-refractivity contribution in [1.82, 2.24) is 0 Å². The number of nitrogens with zero attached hydrogens (tertiary/aromatic N) is 1. The summed E-state index contributed by atoms with van der Waals surface area (Å²) in [5.74, 6) is 0. The zero-order valence-electron chi connectivity index (χ0n) is 8.86. The van der Waals surface area contributed by atoms with E-state index in [2.05, 4.69) is 12.1 Å². The molecule has 76 valence electrons. The lowest BCUT2D eigenvalue weighted by atomic mass is 10.0. The van der Waals surface area contributed by atoms with E-state index in [0.29, 0.717) is 0 Å². The Morgan fingerprint density at radius 3 is 2.43 bits per heavy atom. The van der Waals surface area contributed by atoms with Crippen LogP contribution in [0.5, 0.6) is 0 Å². The Morgan fingerprint density at radius 2 is 1.93 bits per heavy atom. The molecular formula is C12H17NO. The Bertz CT molecular complexity index is 279. The minimum Gasteiger partial charge on any atom is -0.150 e. The molecule has 0 aliphatic heterocycles. The van der Waals surface area contributed by atoms with E-state index in [4.69, 9.17) is 0 Å². The van der Waals surface area contributed by atoms with Crippen LogP contribution >= 0.6 is 0 Å². The van der Waals surface area contributed by atoms with Crippen LogP contribution in [-0.2, 0) is 0 Å². The van der Waals surface area contributed by atoms with Crippen LogP contribution in [0.4, 0.5) is 0 Å². The molecule has 1 unspecified atom stereocenters. The van der Waals surface area contributed by atoms with Gasteiger partial charge < -0.3 is 0 Å². The van der Waals surface area contributed by atoms with Crippen molar-refractivity contribution < 1.29 is 0 Å². The van der Waals surface area contributed by atoms with Gasteiger partial charge in [0.2, 0.25) is 0 Å². The number of rotatable bonds is 5. The van der Waals surface area contributed by atoms with Gasteiger partial charge in [-0.05, 0) is 18.9 Å². The molecule has 0 saturated carbocycles. The van der Waals surface area contributed by atoms with E-state index < -0.39 is 0 Å². The molecule has 1 aromatic rings. The van der Waals surface area contributed by atoms with Gasteiger partial charge in [0, 0.05) is 0 Å². The molecule has 0 saturated heterocycles. The molecule has 1 atom stereocenters. The summed E-state index contributed by atoms with van der Waals surface area (Å²) in [4.78, 5) is 10.6. The predicted molar refractivity (Wildman–Crippen MR) is 59.2 cm³/mol. The van der Waals surface area contributed by atoms with Gasteiger partial charge >= 0.3 is 0 Å². The molecule has 0 spiro atoms. The first-order valence-electron chi connectivity index (χ1n) is 5.17. The van der Waals surface area contributed by atoms with Gasteiger partial charge in [-0.15, -0.1) is 0 Å². The van der Waals surface area contributed by atoms with Crippen molar-refractivity contribution >= 4 is 0 Å². The molecular weight excluding hydrogens is 174 g/mol. The van der Waals surface area contributed by atoms with Gasteiger partial charge in [0.1, 0.15) is 6.04 Å². The third-order valence-corrected chi connectivity index (χ3v) is 2.42. The normalized spacial score (nSPS) is 12.4. The lowest BCUT2D eigenvalue weighted by Gasteiger charge is -2.08. The van der Waals surface area contributed by atoms with Crippen molar-refractivity contribution in [2.45, 2.75) is 39.2 Å². The fourth-order valence-corrected chi connectivity index (χ4v) is 1.47. The van der Waals surface area contributed by atoms with Gasteiger partial charge in [-0.1, -0.05) is 54.8 Å². The second-order valence-corrected chi connectivity index (χ2v) is 3.67. The van der Waals surface area contributed by atoms with Gasteiger partial charge in [0.25, 0.3) is 0 Å². The van der Waals surface area contributed by atoms with Crippen LogP contribution in [0.15, 0.2) is 29.4 Å². The number of unbranched alkanes of at least 4 members (excludes halogenated alkanes) is 1. The van der Waals surface area contributed by atoms with Crippen molar-refractivity contribution in [2.75, 3.05) is 0 Å². The maximum absolute atomic E-state index is 10.6. The molecule has 0 radical (unpaired) electrons. The third-order valence-electron chi connectivity index (χ3n) is 2.42. The topological polar surface area (TPSA) is 29.4 Å². The molecule has 0 amide bonds. The van der Waals surface area contributed by atoms with Crippen molar-refractivity contribution in [3.05, 3.63) is 40.3 Å². The summed E-state index contributed by atoms with van der Waals surface area (Å²) in [5.41, 5.74) is 2.26. The molecule has 2 heteroatoms. The molecule has 0 aliphatic rings. The molecule has 1 rings (SSSR count). The van der Waals surface area contributed by atoms with E-state index in [1.54, 1.807) is 0 Å². The highest BCUT2D eigenvalue weighted by Gasteiger charge is 2.09. The zero-order chi connectivity index (χ0) is 10.4. The van der Waals surface area contributed by atoms with Gasteiger partial charge in [0.15, 0.2) is 0 Å². The smallest absolute Gasteiger partial charge is 0.117 e. The fourth-order valence-electron chi connectivity index (χ4n) is 1.47. The molecule has 1 aromatic carbocycles. The summed E-state index contributed by atoms with van der Waals surface area (Å²) in [7, 11) is 0. The summed E-state index contributed by atoms with van der Waals surface area (Å²) < 4.78 is 0.